The molecular formula is C16H23F3IN3OS. The lowest BCUT2D eigenvalue weighted by atomic mass is 10.2. The molecule has 2 atom stereocenters. The summed E-state index contributed by atoms with van der Waals surface area (Å²) in [5.41, 5.74) is 0.422. The van der Waals surface area contributed by atoms with Crippen LogP contribution in [0.5, 0.6) is 5.75 Å². The molecule has 2 N–H and O–H groups in total. The monoisotopic (exact) mass is 489 g/mol. The highest BCUT2D eigenvalue weighted by Crippen LogP contribution is 2.28. The van der Waals surface area contributed by atoms with Crippen LogP contribution in [0.3, 0.4) is 0 Å². The summed E-state index contributed by atoms with van der Waals surface area (Å²) in [5, 5.41) is 7.04. The number of alkyl halides is 3. The van der Waals surface area contributed by atoms with Gasteiger partial charge < -0.3 is 15.4 Å². The van der Waals surface area contributed by atoms with E-state index in [0.29, 0.717) is 22.8 Å². The molecule has 0 radical (unpaired) electrons. The largest absolute Gasteiger partial charge is 0.573 e. The van der Waals surface area contributed by atoms with E-state index in [0.717, 1.165) is 19.3 Å². The van der Waals surface area contributed by atoms with Gasteiger partial charge in [-0.2, -0.15) is 11.8 Å². The second-order valence-electron chi connectivity index (χ2n) is 5.59. The van der Waals surface area contributed by atoms with Gasteiger partial charge in [-0.05, 0) is 31.6 Å². The zero-order valence-electron chi connectivity index (χ0n) is 14.1. The third-order valence-corrected chi connectivity index (χ3v) is 5.02. The van der Waals surface area contributed by atoms with Crippen LogP contribution in [-0.2, 0) is 6.54 Å². The highest BCUT2D eigenvalue weighted by molar-refractivity contribution is 14.0. The summed E-state index contributed by atoms with van der Waals surface area (Å²) >= 11 is 1.86. The first kappa shape index (κ1) is 22.2. The maximum atomic E-state index is 12.4. The molecular weight excluding hydrogens is 466 g/mol. The van der Waals surface area contributed by atoms with Gasteiger partial charge in [-0.1, -0.05) is 18.2 Å². The Morgan fingerprint density at radius 1 is 1.32 bits per heavy atom. The number of nitrogens with one attached hydrogen (secondary N) is 2. The first-order valence-electron chi connectivity index (χ1n) is 7.75. The number of ether oxygens (including phenoxy) is 1. The molecule has 1 aromatic carbocycles. The Morgan fingerprint density at radius 3 is 2.64 bits per heavy atom. The van der Waals surface area contributed by atoms with Crippen molar-refractivity contribution in [1.82, 2.24) is 10.6 Å². The number of hydrogen-bond acceptors (Lipinski definition) is 3. The molecule has 0 aliphatic heterocycles. The lowest BCUT2D eigenvalue weighted by molar-refractivity contribution is -0.274. The number of hydrogen-bond donors (Lipinski definition) is 2. The third kappa shape index (κ3) is 7.51. The minimum Gasteiger partial charge on any atom is -0.405 e. The number of benzene rings is 1. The summed E-state index contributed by atoms with van der Waals surface area (Å²) in [6.45, 7) is 0.199. The molecule has 0 saturated heterocycles. The number of para-hydroxylation sites is 1. The normalized spacial score (nSPS) is 20.8. The second-order valence-corrected chi connectivity index (χ2v) is 6.73. The summed E-state index contributed by atoms with van der Waals surface area (Å²) < 4.78 is 41.4. The van der Waals surface area contributed by atoms with E-state index in [4.69, 9.17) is 0 Å². The van der Waals surface area contributed by atoms with Gasteiger partial charge in [0.05, 0.1) is 0 Å². The van der Waals surface area contributed by atoms with Crippen molar-refractivity contribution in [1.29, 1.82) is 0 Å². The average Bonchev–Trinajstić information content (AvgIpc) is 2.99. The van der Waals surface area contributed by atoms with Crippen molar-refractivity contribution < 1.29 is 17.9 Å². The Labute approximate surface area is 167 Å². The van der Waals surface area contributed by atoms with Crippen LogP contribution in [0.4, 0.5) is 13.2 Å². The van der Waals surface area contributed by atoms with Gasteiger partial charge in [-0.3, -0.25) is 4.99 Å². The molecule has 1 aliphatic rings. The number of thioether (sulfide) groups is 1. The highest BCUT2D eigenvalue weighted by Gasteiger charge is 2.32. The summed E-state index contributed by atoms with van der Waals surface area (Å²) in [4.78, 5) is 4.15. The minimum absolute atomic E-state index is 0. The number of halogens is 4. The molecule has 2 unspecified atom stereocenters. The van der Waals surface area contributed by atoms with Gasteiger partial charge in [0.1, 0.15) is 5.75 Å². The molecule has 0 bridgehead atoms. The molecule has 25 heavy (non-hydrogen) atoms. The van der Waals surface area contributed by atoms with Crippen molar-refractivity contribution in [2.45, 2.75) is 43.5 Å². The lowest BCUT2D eigenvalue weighted by Crippen LogP contribution is -2.42. The summed E-state index contributed by atoms with van der Waals surface area (Å²) in [6.07, 6.45) is 0.706. The summed E-state index contributed by atoms with van der Waals surface area (Å²) in [7, 11) is 1.65. The Hall–Kier alpha value is -0.840. The van der Waals surface area contributed by atoms with Crippen LogP contribution in [0.2, 0.25) is 0 Å². The maximum Gasteiger partial charge on any atom is 0.573 e. The molecule has 9 heteroatoms. The van der Waals surface area contributed by atoms with Gasteiger partial charge in [0.25, 0.3) is 0 Å². The molecule has 0 aromatic heterocycles. The fourth-order valence-electron chi connectivity index (χ4n) is 2.73. The molecule has 2 rings (SSSR count). The van der Waals surface area contributed by atoms with Crippen LogP contribution < -0.4 is 15.4 Å². The van der Waals surface area contributed by atoms with E-state index in [1.807, 2.05) is 11.8 Å². The fraction of sp³-hybridized carbons (Fsp3) is 0.562. The van der Waals surface area contributed by atoms with E-state index in [2.05, 4.69) is 26.6 Å². The smallest absolute Gasteiger partial charge is 0.405 e. The molecule has 0 amide bonds. The third-order valence-electron chi connectivity index (χ3n) is 3.93. The van der Waals surface area contributed by atoms with E-state index >= 15 is 0 Å². The van der Waals surface area contributed by atoms with Crippen LogP contribution in [-0.4, -0.2) is 36.9 Å². The van der Waals surface area contributed by atoms with Crippen molar-refractivity contribution in [3.05, 3.63) is 29.8 Å². The average molecular weight is 489 g/mol. The Morgan fingerprint density at radius 2 is 2.04 bits per heavy atom. The topological polar surface area (TPSA) is 45.7 Å². The maximum absolute atomic E-state index is 12.4. The summed E-state index contributed by atoms with van der Waals surface area (Å²) in [6, 6.07) is 6.44. The Bertz CT molecular complexity index is 572. The van der Waals surface area contributed by atoms with E-state index < -0.39 is 6.36 Å². The van der Waals surface area contributed by atoms with Crippen LogP contribution >= 0.6 is 35.7 Å². The molecule has 1 saturated carbocycles. The molecule has 142 valence electrons. The quantitative estimate of drug-likeness (QED) is 0.371. The SMILES string of the molecule is CN=C(NCc1ccccc1OC(F)(F)F)NC1CCC(SC)C1.I. The van der Waals surface area contributed by atoms with Gasteiger partial charge in [-0.15, -0.1) is 37.1 Å². The standard InChI is InChI=1S/C16H22F3N3OS.HI/c1-20-15(22-12-7-8-13(9-12)24-2)21-10-11-5-3-4-6-14(11)23-16(17,18)19;/h3-6,12-13H,7-10H2,1-2H3,(H2,20,21,22);1H. The van der Waals surface area contributed by atoms with E-state index in [9.17, 15) is 13.2 Å². The zero-order chi connectivity index (χ0) is 17.6. The van der Waals surface area contributed by atoms with E-state index in [1.54, 1.807) is 19.2 Å². The predicted molar refractivity (Wildman–Crippen MR) is 107 cm³/mol. The van der Waals surface area contributed by atoms with Crippen LogP contribution in [0.25, 0.3) is 0 Å². The molecule has 0 heterocycles. The van der Waals surface area contributed by atoms with Gasteiger partial charge >= 0.3 is 6.36 Å². The predicted octanol–water partition coefficient (Wildman–Crippen LogP) is 4.15. The Kier molecular flexibility index (Phi) is 9.19. The minimum atomic E-state index is -4.70. The Balaban J connectivity index is 0.00000312. The van der Waals surface area contributed by atoms with Gasteiger partial charge in [-0.25, -0.2) is 0 Å². The van der Waals surface area contributed by atoms with Gasteiger partial charge in [0.15, 0.2) is 5.96 Å². The second kappa shape index (κ2) is 10.3. The molecule has 4 nitrogen and oxygen atoms in total. The molecule has 1 aromatic rings. The van der Waals surface area contributed by atoms with Crippen molar-refractivity contribution in [3.8, 4) is 5.75 Å². The zero-order valence-corrected chi connectivity index (χ0v) is 17.2. The number of aliphatic imine (C=N–C) groups is 1. The first-order chi connectivity index (χ1) is 11.4. The van der Waals surface area contributed by atoms with Crippen molar-refractivity contribution in [2.24, 2.45) is 4.99 Å². The molecule has 1 aliphatic carbocycles. The number of guanidine groups is 1. The number of rotatable bonds is 5. The number of nitrogens with zero attached hydrogens (tertiary/aromatic N) is 1. The first-order valence-corrected chi connectivity index (χ1v) is 9.03. The van der Waals surface area contributed by atoms with E-state index in [1.165, 1.54) is 12.1 Å². The fourth-order valence-corrected chi connectivity index (χ4v) is 3.52. The molecule has 1 fully saturated rings. The van der Waals surface area contributed by atoms with Crippen LogP contribution in [0.1, 0.15) is 24.8 Å². The van der Waals surface area contributed by atoms with Crippen LogP contribution in [0, 0.1) is 0 Å². The lowest BCUT2D eigenvalue weighted by Gasteiger charge is -2.18. The highest BCUT2D eigenvalue weighted by atomic mass is 127. The van der Waals surface area contributed by atoms with Crippen molar-refractivity contribution in [3.63, 3.8) is 0 Å². The van der Waals surface area contributed by atoms with Gasteiger partial charge in [0, 0.05) is 30.4 Å². The van der Waals surface area contributed by atoms with Gasteiger partial charge in [0.2, 0.25) is 0 Å². The van der Waals surface area contributed by atoms with Crippen molar-refractivity contribution >= 4 is 41.7 Å². The molecule has 0 spiro atoms. The van der Waals surface area contributed by atoms with Crippen molar-refractivity contribution in [2.75, 3.05) is 13.3 Å². The van der Waals surface area contributed by atoms with Crippen LogP contribution in [0.15, 0.2) is 29.3 Å². The summed E-state index contributed by atoms with van der Waals surface area (Å²) in [5.74, 6) is 0.389. The van der Waals surface area contributed by atoms with E-state index in [-0.39, 0.29) is 36.3 Å².